The van der Waals surface area contributed by atoms with Crippen LogP contribution in [0.1, 0.15) is 33.6 Å². The second kappa shape index (κ2) is 6.21. The van der Waals surface area contributed by atoms with Gasteiger partial charge in [0.2, 0.25) is 5.60 Å². The average Bonchev–Trinajstić information content (AvgIpc) is 2.45. The van der Waals surface area contributed by atoms with E-state index in [-0.39, 0.29) is 12.0 Å². The van der Waals surface area contributed by atoms with Crippen molar-refractivity contribution in [3.8, 4) is 11.8 Å². The SMILES string of the molecule is C=C(C)C#C[C@](O)(C(=O)O[C@H]1CN2CCC1CC2)C(C)C. The summed E-state index contributed by atoms with van der Waals surface area (Å²) in [6, 6.07) is 0. The van der Waals surface area contributed by atoms with E-state index in [9.17, 15) is 9.90 Å². The molecule has 3 rings (SSSR count). The quantitative estimate of drug-likeness (QED) is 0.634. The molecule has 2 bridgehead atoms. The Morgan fingerprint density at radius 2 is 2.05 bits per heavy atom. The molecule has 0 unspecified atom stereocenters. The maximum absolute atomic E-state index is 12.4. The molecule has 116 valence electrons. The summed E-state index contributed by atoms with van der Waals surface area (Å²) in [5, 5.41) is 10.6. The second-order valence-electron chi connectivity index (χ2n) is 6.53. The number of carbonyl (C=O) groups is 1. The number of piperidine rings is 3. The Morgan fingerprint density at radius 1 is 1.43 bits per heavy atom. The molecule has 1 N–H and O–H groups in total. The molecule has 3 aliphatic heterocycles. The summed E-state index contributed by atoms with van der Waals surface area (Å²) in [5.74, 6) is 4.83. The molecule has 3 saturated heterocycles. The van der Waals surface area contributed by atoms with Gasteiger partial charge < -0.3 is 9.84 Å². The Morgan fingerprint density at radius 3 is 2.48 bits per heavy atom. The summed E-state index contributed by atoms with van der Waals surface area (Å²) in [6.07, 6.45) is 2.02. The lowest BCUT2D eigenvalue weighted by molar-refractivity contribution is -0.177. The third kappa shape index (κ3) is 3.48. The fourth-order valence-electron chi connectivity index (χ4n) is 2.90. The highest BCUT2D eigenvalue weighted by atomic mass is 16.6. The van der Waals surface area contributed by atoms with E-state index in [1.165, 1.54) is 0 Å². The number of rotatable bonds is 3. The molecule has 4 heteroatoms. The molecule has 2 atom stereocenters. The standard InChI is InChI=1S/C17H25NO3/c1-12(2)5-8-17(20,13(3)4)16(19)21-15-11-18-9-6-14(15)7-10-18/h13-15,20H,1,6-7,9-11H2,2-4H3/t15-,17+/m0/s1. The van der Waals surface area contributed by atoms with Crippen molar-refractivity contribution in [3.63, 3.8) is 0 Å². The summed E-state index contributed by atoms with van der Waals surface area (Å²) in [5.41, 5.74) is -1.14. The van der Waals surface area contributed by atoms with Gasteiger partial charge in [-0.3, -0.25) is 4.90 Å². The van der Waals surface area contributed by atoms with E-state index in [2.05, 4.69) is 23.3 Å². The summed E-state index contributed by atoms with van der Waals surface area (Å²) in [7, 11) is 0. The van der Waals surface area contributed by atoms with Crippen LogP contribution in [0.3, 0.4) is 0 Å². The summed E-state index contributed by atoms with van der Waals surface area (Å²) in [4.78, 5) is 14.8. The van der Waals surface area contributed by atoms with Crippen LogP contribution in [0.2, 0.25) is 0 Å². The number of hydrogen-bond donors (Lipinski definition) is 1. The predicted octanol–water partition coefficient (Wildman–Crippen LogP) is 1.59. The van der Waals surface area contributed by atoms with Crippen molar-refractivity contribution in [2.24, 2.45) is 11.8 Å². The first-order chi connectivity index (χ1) is 9.83. The van der Waals surface area contributed by atoms with Crippen LogP contribution in [0, 0.1) is 23.7 Å². The zero-order valence-corrected chi connectivity index (χ0v) is 13.2. The monoisotopic (exact) mass is 291 g/mol. The molecule has 0 saturated carbocycles. The number of allylic oxidation sites excluding steroid dienone is 1. The lowest BCUT2D eigenvalue weighted by Gasteiger charge is -2.44. The van der Waals surface area contributed by atoms with Gasteiger partial charge in [-0.25, -0.2) is 4.79 Å². The van der Waals surface area contributed by atoms with Crippen molar-refractivity contribution in [2.75, 3.05) is 19.6 Å². The summed E-state index contributed by atoms with van der Waals surface area (Å²) in [6.45, 7) is 11.9. The van der Waals surface area contributed by atoms with Gasteiger partial charge in [0.15, 0.2) is 0 Å². The van der Waals surface area contributed by atoms with Gasteiger partial charge in [-0.05, 0) is 44.3 Å². The molecule has 0 aromatic carbocycles. The van der Waals surface area contributed by atoms with Crippen LogP contribution >= 0.6 is 0 Å². The van der Waals surface area contributed by atoms with E-state index in [1.807, 2.05) is 0 Å². The molecule has 3 aliphatic rings. The van der Waals surface area contributed by atoms with Crippen molar-refractivity contribution in [1.29, 1.82) is 0 Å². The number of hydrogen-bond acceptors (Lipinski definition) is 4. The fraction of sp³-hybridized carbons (Fsp3) is 0.706. The van der Waals surface area contributed by atoms with Crippen molar-refractivity contribution >= 4 is 5.97 Å². The lowest BCUT2D eigenvalue weighted by Crippen LogP contribution is -2.54. The van der Waals surface area contributed by atoms with Crippen LogP contribution in [0.15, 0.2) is 12.2 Å². The number of esters is 1. The van der Waals surface area contributed by atoms with Crippen LogP contribution in [-0.4, -0.2) is 47.3 Å². The van der Waals surface area contributed by atoms with Gasteiger partial charge in [0.05, 0.1) is 0 Å². The van der Waals surface area contributed by atoms with Gasteiger partial charge in [0.25, 0.3) is 0 Å². The normalized spacial score (nSPS) is 30.2. The van der Waals surface area contributed by atoms with Gasteiger partial charge in [0, 0.05) is 12.5 Å². The minimum Gasteiger partial charge on any atom is -0.458 e. The number of fused-ring (bicyclic) bond motifs is 3. The smallest absolute Gasteiger partial charge is 0.351 e. The van der Waals surface area contributed by atoms with Crippen LogP contribution in [0.4, 0.5) is 0 Å². The van der Waals surface area contributed by atoms with E-state index in [0.29, 0.717) is 11.5 Å². The minimum atomic E-state index is -1.76. The minimum absolute atomic E-state index is 0.114. The Labute approximate surface area is 127 Å². The van der Waals surface area contributed by atoms with Gasteiger partial charge >= 0.3 is 5.97 Å². The van der Waals surface area contributed by atoms with E-state index in [1.54, 1.807) is 20.8 Å². The average molecular weight is 291 g/mol. The molecular weight excluding hydrogens is 266 g/mol. The number of nitrogens with zero attached hydrogens (tertiary/aromatic N) is 1. The van der Waals surface area contributed by atoms with E-state index >= 15 is 0 Å². The first kappa shape index (κ1) is 16.1. The van der Waals surface area contributed by atoms with Crippen molar-refractivity contribution in [2.45, 2.75) is 45.3 Å². The molecule has 0 radical (unpaired) electrons. The highest BCUT2D eigenvalue weighted by Gasteiger charge is 2.44. The Balaban J connectivity index is 2.09. The topological polar surface area (TPSA) is 49.8 Å². The van der Waals surface area contributed by atoms with Crippen LogP contribution < -0.4 is 0 Å². The van der Waals surface area contributed by atoms with Crippen molar-refractivity contribution < 1.29 is 14.6 Å². The Bertz CT molecular complexity index is 480. The molecule has 0 spiro atoms. The van der Waals surface area contributed by atoms with Gasteiger partial charge in [0.1, 0.15) is 6.10 Å². The lowest BCUT2D eigenvalue weighted by atomic mass is 9.85. The van der Waals surface area contributed by atoms with Gasteiger partial charge in [-0.1, -0.05) is 32.3 Å². The largest absolute Gasteiger partial charge is 0.458 e. The number of ether oxygens (including phenoxy) is 1. The zero-order valence-electron chi connectivity index (χ0n) is 13.2. The molecule has 0 aliphatic carbocycles. The zero-order chi connectivity index (χ0) is 15.6. The highest BCUT2D eigenvalue weighted by Crippen LogP contribution is 2.31. The molecule has 21 heavy (non-hydrogen) atoms. The molecule has 3 heterocycles. The number of carbonyl (C=O) groups excluding carboxylic acids is 1. The Hall–Kier alpha value is -1.31. The number of aliphatic hydroxyl groups is 1. The molecule has 0 amide bonds. The van der Waals surface area contributed by atoms with Gasteiger partial charge in [-0.2, -0.15) is 0 Å². The van der Waals surface area contributed by atoms with E-state index < -0.39 is 11.6 Å². The Kier molecular flexibility index (Phi) is 4.75. The maximum atomic E-state index is 12.4. The highest BCUT2D eigenvalue weighted by molar-refractivity contribution is 5.84. The second-order valence-corrected chi connectivity index (χ2v) is 6.53. The third-order valence-corrected chi connectivity index (χ3v) is 4.47. The fourth-order valence-corrected chi connectivity index (χ4v) is 2.90. The van der Waals surface area contributed by atoms with Crippen molar-refractivity contribution in [1.82, 2.24) is 4.90 Å². The van der Waals surface area contributed by atoms with Crippen LogP contribution in [0.5, 0.6) is 0 Å². The summed E-state index contributed by atoms with van der Waals surface area (Å²) < 4.78 is 5.62. The first-order valence-electron chi connectivity index (χ1n) is 7.67. The molecular formula is C17H25NO3. The molecule has 4 nitrogen and oxygen atoms in total. The van der Waals surface area contributed by atoms with Crippen molar-refractivity contribution in [3.05, 3.63) is 12.2 Å². The van der Waals surface area contributed by atoms with E-state index in [4.69, 9.17) is 4.74 Å². The maximum Gasteiger partial charge on any atom is 0.351 e. The molecule has 3 fully saturated rings. The molecule has 0 aromatic rings. The van der Waals surface area contributed by atoms with E-state index in [0.717, 1.165) is 32.5 Å². The molecule has 0 aromatic heterocycles. The van der Waals surface area contributed by atoms with Crippen LogP contribution in [0.25, 0.3) is 0 Å². The van der Waals surface area contributed by atoms with Gasteiger partial charge in [-0.15, -0.1) is 0 Å². The predicted molar refractivity (Wildman–Crippen MR) is 81.4 cm³/mol. The first-order valence-corrected chi connectivity index (χ1v) is 7.67. The van der Waals surface area contributed by atoms with Crippen LogP contribution in [-0.2, 0) is 9.53 Å². The summed E-state index contributed by atoms with van der Waals surface area (Å²) >= 11 is 0. The third-order valence-electron chi connectivity index (χ3n) is 4.47.